The van der Waals surface area contributed by atoms with Crippen molar-refractivity contribution in [1.82, 2.24) is 10.2 Å². The molecule has 92 valence electrons. The maximum atomic E-state index is 12.0. The molecule has 4 nitrogen and oxygen atoms in total. The molecule has 2 rings (SSSR count). The zero-order valence-electron chi connectivity index (χ0n) is 10.1. The van der Waals surface area contributed by atoms with Crippen molar-refractivity contribution in [2.45, 2.75) is 50.6 Å². The van der Waals surface area contributed by atoms with Gasteiger partial charge in [-0.05, 0) is 25.7 Å². The van der Waals surface area contributed by atoms with Crippen molar-refractivity contribution in [3.8, 4) is 0 Å². The third-order valence-corrected chi connectivity index (χ3v) is 3.74. The molecule has 0 aromatic rings. The summed E-state index contributed by atoms with van der Waals surface area (Å²) in [6, 6.07) is 0.865. The quantitative estimate of drug-likeness (QED) is 0.779. The molecule has 16 heavy (non-hydrogen) atoms. The highest BCUT2D eigenvalue weighted by molar-refractivity contribution is 5.74. The van der Waals surface area contributed by atoms with Gasteiger partial charge in [0.2, 0.25) is 0 Å². The average molecular weight is 226 g/mol. The van der Waals surface area contributed by atoms with Gasteiger partial charge in [-0.2, -0.15) is 0 Å². The van der Waals surface area contributed by atoms with E-state index in [1.54, 1.807) is 0 Å². The van der Waals surface area contributed by atoms with Gasteiger partial charge in [-0.1, -0.05) is 12.8 Å². The summed E-state index contributed by atoms with van der Waals surface area (Å²) in [5.41, 5.74) is 0. The summed E-state index contributed by atoms with van der Waals surface area (Å²) in [7, 11) is 1.90. The van der Waals surface area contributed by atoms with E-state index < -0.39 is 0 Å². The van der Waals surface area contributed by atoms with Crippen LogP contribution in [0.5, 0.6) is 0 Å². The summed E-state index contributed by atoms with van der Waals surface area (Å²) in [5.74, 6) is 0. The molecule has 1 saturated carbocycles. The van der Waals surface area contributed by atoms with E-state index >= 15 is 0 Å². The van der Waals surface area contributed by atoms with Crippen LogP contribution in [0.15, 0.2) is 0 Å². The molecule has 4 heteroatoms. The van der Waals surface area contributed by atoms with Crippen molar-refractivity contribution in [2.24, 2.45) is 0 Å². The van der Waals surface area contributed by atoms with Crippen LogP contribution in [-0.4, -0.2) is 43.3 Å². The predicted molar refractivity (Wildman–Crippen MR) is 62.4 cm³/mol. The number of ether oxygens (including phenoxy) is 1. The fourth-order valence-electron chi connectivity index (χ4n) is 2.58. The Kier molecular flexibility index (Phi) is 4.04. The minimum Gasteiger partial charge on any atom is -0.381 e. The maximum Gasteiger partial charge on any atom is 0.317 e. The Hall–Kier alpha value is -0.770. The van der Waals surface area contributed by atoms with Gasteiger partial charge in [-0.15, -0.1) is 0 Å². The number of nitrogens with zero attached hydrogens (tertiary/aromatic N) is 1. The van der Waals surface area contributed by atoms with Gasteiger partial charge in [-0.3, -0.25) is 0 Å². The molecular weight excluding hydrogens is 204 g/mol. The van der Waals surface area contributed by atoms with E-state index in [0.717, 1.165) is 38.9 Å². The molecule has 0 aromatic heterocycles. The van der Waals surface area contributed by atoms with Gasteiger partial charge in [0.15, 0.2) is 0 Å². The summed E-state index contributed by atoms with van der Waals surface area (Å²) in [5, 5.41) is 3.12. The lowest BCUT2D eigenvalue weighted by Crippen LogP contribution is -2.48. The first-order chi connectivity index (χ1) is 7.77. The molecule has 0 aromatic carbocycles. The van der Waals surface area contributed by atoms with Crippen molar-refractivity contribution >= 4 is 6.03 Å². The minimum atomic E-state index is 0.0961. The number of hydrogen-bond donors (Lipinski definition) is 1. The molecule has 1 N–H and O–H groups in total. The van der Waals surface area contributed by atoms with Crippen LogP contribution in [0.3, 0.4) is 0 Å². The highest BCUT2D eigenvalue weighted by Gasteiger charge is 2.25. The minimum absolute atomic E-state index is 0.0961. The number of hydrogen-bond acceptors (Lipinski definition) is 2. The molecule has 0 unspecified atom stereocenters. The second-order valence-electron chi connectivity index (χ2n) is 4.89. The summed E-state index contributed by atoms with van der Waals surface area (Å²) in [4.78, 5) is 13.8. The van der Waals surface area contributed by atoms with Gasteiger partial charge < -0.3 is 15.0 Å². The number of carbonyl (C=O) groups excluding carboxylic acids is 1. The summed E-state index contributed by atoms with van der Waals surface area (Å²) in [6.45, 7) is 1.57. The van der Waals surface area contributed by atoms with E-state index in [2.05, 4.69) is 5.32 Å². The van der Waals surface area contributed by atoms with Crippen molar-refractivity contribution in [3.63, 3.8) is 0 Å². The van der Waals surface area contributed by atoms with E-state index in [1.165, 1.54) is 12.8 Å². The van der Waals surface area contributed by atoms with Crippen LogP contribution < -0.4 is 5.32 Å². The van der Waals surface area contributed by atoms with E-state index in [4.69, 9.17) is 4.74 Å². The Balaban J connectivity index is 1.78. The molecule has 2 aliphatic rings. The lowest BCUT2D eigenvalue weighted by molar-refractivity contribution is 0.0522. The Labute approximate surface area is 97.3 Å². The van der Waals surface area contributed by atoms with Gasteiger partial charge in [0.25, 0.3) is 0 Å². The zero-order valence-corrected chi connectivity index (χ0v) is 10.1. The van der Waals surface area contributed by atoms with Gasteiger partial charge in [0.1, 0.15) is 0 Å². The first kappa shape index (κ1) is 11.7. The number of carbonyl (C=O) groups is 1. The van der Waals surface area contributed by atoms with E-state index in [1.807, 2.05) is 11.9 Å². The fraction of sp³-hybridized carbons (Fsp3) is 0.917. The molecular formula is C12H22N2O2. The largest absolute Gasteiger partial charge is 0.381 e. The lowest BCUT2D eigenvalue weighted by Gasteiger charge is -2.32. The maximum absolute atomic E-state index is 12.0. The van der Waals surface area contributed by atoms with Crippen molar-refractivity contribution in [1.29, 1.82) is 0 Å². The van der Waals surface area contributed by atoms with Crippen LogP contribution in [0.4, 0.5) is 4.79 Å². The number of amides is 2. The molecule has 1 saturated heterocycles. The molecule has 2 fully saturated rings. The molecule has 2 amide bonds. The van der Waals surface area contributed by atoms with Crippen LogP contribution in [-0.2, 0) is 4.74 Å². The number of rotatable bonds is 2. The van der Waals surface area contributed by atoms with Gasteiger partial charge >= 0.3 is 6.03 Å². The van der Waals surface area contributed by atoms with Crippen LogP contribution in [0, 0.1) is 0 Å². The van der Waals surface area contributed by atoms with E-state index in [0.29, 0.717) is 12.1 Å². The average Bonchev–Trinajstić information content (AvgIpc) is 2.82. The normalized spacial score (nSPS) is 23.3. The third kappa shape index (κ3) is 2.88. The van der Waals surface area contributed by atoms with Gasteiger partial charge in [0.05, 0.1) is 0 Å². The molecule has 0 radical (unpaired) electrons. The first-order valence-corrected chi connectivity index (χ1v) is 6.38. The molecule has 1 heterocycles. The van der Waals surface area contributed by atoms with Gasteiger partial charge in [-0.25, -0.2) is 4.79 Å². The van der Waals surface area contributed by atoms with Crippen molar-refractivity contribution in [2.75, 3.05) is 20.3 Å². The lowest BCUT2D eigenvalue weighted by atomic mass is 10.1. The Morgan fingerprint density at radius 1 is 1.19 bits per heavy atom. The highest BCUT2D eigenvalue weighted by Crippen LogP contribution is 2.19. The highest BCUT2D eigenvalue weighted by atomic mass is 16.5. The summed E-state index contributed by atoms with van der Waals surface area (Å²) < 4.78 is 5.30. The predicted octanol–water partition coefficient (Wildman–Crippen LogP) is 1.75. The topological polar surface area (TPSA) is 41.6 Å². The van der Waals surface area contributed by atoms with E-state index in [-0.39, 0.29) is 6.03 Å². The molecule has 1 aliphatic heterocycles. The zero-order chi connectivity index (χ0) is 11.4. The third-order valence-electron chi connectivity index (χ3n) is 3.74. The summed E-state index contributed by atoms with van der Waals surface area (Å²) >= 11 is 0. The first-order valence-electron chi connectivity index (χ1n) is 6.38. The molecule has 0 spiro atoms. The fourth-order valence-corrected chi connectivity index (χ4v) is 2.58. The van der Waals surface area contributed by atoms with E-state index in [9.17, 15) is 4.79 Å². The van der Waals surface area contributed by atoms with Crippen molar-refractivity contribution < 1.29 is 9.53 Å². The summed E-state index contributed by atoms with van der Waals surface area (Å²) in [6.07, 6.45) is 6.74. The Morgan fingerprint density at radius 3 is 2.44 bits per heavy atom. The standard InChI is InChI=1S/C12H22N2O2/c1-14(11-6-8-16-9-7-11)12(15)13-10-4-2-3-5-10/h10-11H,2-9H2,1H3,(H,13,15). The van der Waals surface area contributed by atoms with Gasteiger partial charge in [0, 0.05) is 32.3 Å². The smallest absolute Gasteiger partial charge is 0.317 e. The SMILES string of the molecule is CN(C(=O)NC1CCCC1)C1CCOCC1. The van der Waals surface area contributed by atoms with Crippen LogP contribution in [0.25, 0.3) is 0 Å². The van der Waals surface area contributed by atoms with Crippen molar-refractivity contribution in [3.05, 3.63) is 0 Å². The van der Waals surface area contributed by atoms with Crippen LogP contribution in [0.2, 0.25) is 0 Å². The molecule has 0 atom stereocenters. The molecule has 1 aliphatic carbocycles. The van der Waals surface area contributed by atoms with Crippen LogP contribution in [0.1, 0.15) is 38.5 Å². The number of nitrogens with one attached hydrogen (secondary N) is 1. The Bertz CT molecular complexity index is 233. The second-order valence-corrected chi connectivity index (χ2v) is 4.89. The number of urea groups is 1. The monoisotopic (exact) mass is 226 g/mol. The molecule has 0 bridgehead atoms. The Morgan fingerprint density at radius 2 is 1.81 bits per heavy atom. The van der Waals surface area contributed by atoms with Crippen LogP contribution >= 0.6 is 0 Å². The second kappa shape index (κ2) is 5.53.